The second-order valence-corrected chi connectivity index (χ2v) is 5.04. The van der Waals surface area contributed by atoms with Gasteiger partial charge in [-0.1, -0.05) is 17.7 Å². The van der Waals surface area contributed by atoms with Gasteiger partial charge in [-0.05, 0) is 37.0 Å². The molecular formula is C14H16ClNO3. The lowest BCUT2D eigenvalue weighted by molar-refractivity contribution is -0.137. The van der Waals surface area contributed by atoms with Crippen LogP contribution in [0, 0.1) is 0 Å². The first-order valence-corrected chi connectivity index (χ1v) is 6.77. The van der Waals surface area contributed by atoms with Crippen molar-refractivity contribution in [3.63, 3.8) is 0 Å². The minimum atomic E-state index is -0.814. The number of benzene rings is 1. The van der Waals surface area contributed by atoms with E-state index in [1.807, 2.05) is 18.2 Å². The molecule has 2 rings (SSSR count). The van der Waals surface area contributed by atoms with Crippen LogP contribution in [0.15, 0.2) is 18.2 Å². The average Bonchev–Trinajstić information content (AvgIpc) is 2.79. The lowest BCUT2D eigenvalue weighted by Gasteiger charge is -2.17. The molecule has 1 amide bonds. The molecule has 0 radical (unpaired) electrons. The lowest BCUT2D eigenvalue weighted by Crippen LogP contribution is -2.28. The predicted molar refractivity (Wildman–Crippen MR) is 73.6 cm³/mol. The minimum Gasteiger partial charge on any atom is -0.481 e. The molecule has 102 valence electrons. The number of halogens is 1. The molecule has 1 N–H and O–H groups in total. The van der Waals surface area contributed by atoms with E-state index in [1.54, 1.807) is 4.90 Å². The van der Waals surface area contributed by atoms with E-state index in [9.17, 15) is 9.59 Å². The molecule has 0 atom stereocenters. The maximum Gasteiger partial charge on any atom is 0.303 e. The number of anilines is 1. The van der Waals surface area contributed by atoms with E-state index in [-0.39, 0.29) is 12.3 Å². The number of carbonyl (C=O) groups excluding carboxylic acids is 1. The predicted octanol–water partition coefficient (Wildman–Crippen LogP) is 2.87. The van der Waals surface area contributed by atoms with E-state index in [4.69, 9.17) is 16.7 Å². The molecule has 0 fully saturated rings. The maximum absolute atomic E-state index is 12.1. The van der Waals surface area contributed by atoms with Crippen molar-refractivity contribution in [2.45, 2.75) is 32.1 Å². The van der Waals surface area contributed by atoms with Crippen molar-refractivity contribution in [3.05, 3.63) is 28.8 Å². The third-order valence-corrected chi connectivity index (χ3v) is 3.66. The Morgan fingerprint density at radius 1 is 1.26 bits per heavy atom. The number of fused-ring (bicyclic) bond motifs is 1. The van der Waals surface area contributed by atoms with Crippen molar-refractivity contribution in [3.8, 4) is 0 Å². The normalized spacial score (nSPS) is 13.4. The number of carbonyl (C=O) groups is 2. The van der Waals surface area contributed by atoms with Crippen LogP contribution in [0.3, 0.4) is 0 Å². The molecule has 1 aliphatic rings. The van der Waals surface area contributed by atoms with Crippen LogP contribution in [0.25, 0.3) is 0 Å². The van der Waals surface area contributed by atoms with Crippen molar-refractivity contribution in [2.75, 3.05) is 11.4 Å². The van der Waals surface area contributed by atoms with Gasteiger partial charge < -0.3 is 10.0 Å². The molecule has 0 bridgehead atoms. The quantitative estimate of drug-likeness (QED) is 0.844. The van der Waals surface area contributed by atoms with E-state index in [0.29, 0.717) is 30.8 Å². The summed E-state index contributed by atoms with van der Waals surface area (Å²) >= 11 is 6.10. The molecule has 5 heteroatoms. The van der Waals surface area contributed by atoms with Gasteiger partial charge in [0.25, 0.3) is 0 Å². The van der Waals surface area contributed by atoms with Gasteiger partial charge in [0.05, 0.1) is 0 Å². The van der Waals surface area contributed by atoms with Gasteiger partial charge in [-0.25, -0.2) is 0 Å². The Bertz CT molecular complexity index is 501. The Morgan fingerprint density at radius 2 is 2.00 bits per heavy atom. The van der Waals surface area contributed by atoms with Crippen molar-refractivity contribution in [2.24, 2.45) is 0 Å². The van der Waals surface area contributed by atoms with Crippen LogP contribution in [-0.2, 0) is 16.0 Å². The van der Waals surface area contributed by atoms with Crippen LogP contribution < -0.4 is 4.90 Å². The van der Waals surface area contributed by atoms with Gasteiger partial charge in [0.15, 0.2) is 0 Å². The standard InChI is InChI=1S/C14H16ClNO3/c15-11-4-3-5-12-10(11)8-9-16(12)13(17)6-1-2-7-14(18)19/h3-5H,1-2,6-9H2,(H,18,19). The zero-order valence-corrected chi connectivity index (χ0v) is 11.3. The molecule has 0 spiro atoms. The fraction of sp³-hybridized carbons (Fsp3) is 0.429. The summed E-state index contributed by atoms with van der Waals surface area (Å²) in [6.07, 6.45) is 2.44. The van der Waals surface area contributed by atoms with Gasteiger partial charge in [0.1, 0.15) is 0 Å². The van der Waals surface area contributed by atoms with Crippen LogP contribution in [0.4, 0.5) is 5.69 Å². The van der Waals surface area contributed by atoms with E-state index < -0.39 is 5.97 Å². The smallest absolute Gasteiger partial charge is 0.303 e. The number of amides is 1. The summed E-state index contributed by atoms with van der Waals surface area (Å²) in [4.78, 5) is 24.2. The number of carboxylic acids is 1. The summed E-state index contributed by atoms with van der Waals surface area (Å²) in [5, 5.41) is 9.25. The third-order valence-electron chi connectivity index (χ3n) is 3.30. The lowest BCUT2D eigenvalue weighted by atomic mass is 10.1. The first-order valence-electron chi connectivity index (χ1n) is 6.39. The minimum absolute atomic E-state index is 0.0476. The molecule has 0 unspecified atom stereocenters. The van der Waals surface area contributed by atoms with Crippen molar-refractivity contribution >= 4 is 29.2 Å². The molecule has 0 saturated carbocycles. The average molecular weight is 282 g/mol. The molecule has 1 heterocycles. The first kappa shape index (κ1) is 13.9. The molecule has 4 nitrogen and oxygen atoms in total. The van der Waals surface area contributed by atoms with Gasteiger partial charge in [-0.15, -0.1) is 0 Å². The highest BCUT2D eigenvalue weighted by molar-refractivity contribution is 6.32. The highest BCUT2D eigenvalue weighted by Gasteiger charge is 2.25. The van der Waals surface area contributed by atoms with E-state index >= 15 is 0 Å². The molecule has 0 aromatic heterocycles. The van der Waals surface area contributed by atoms with E-state index in [1.165, 1.54) is 0 Å². The van der Waals surface area contributed by atoms with Gasteiger partial charge in [-0.2, -0.15) is 0 Å². The number of hydrogen-bond acceptors (Lipinski definition) is 2. The number of rotatable bonds is 5. The summed E-state index contributed by atoms with van der Waals surface area (Å²) in [6.45, 7) is 0.664. The molecule has 0 aliphatic carbocycles. The number of unbranched alkanes of at least 4 members (excludes halogenated alkanes) is 1. The number of aliphatic carboxylic acids is 1. The van der Waals surface area contributed by atoms with Gasteiger partial charge in [0, 0.05) is 30.1 Å². The van der Waals surface area contributed by atoms with Crippen LogP contribution in [-0.4, -0.2) is 23.5 Å². The highest BCUT2D eigenvalue weighted by Crippen LogP contribution is 2.33. The van der Waals surface area contributed by atoms with Gasteiger partial charge in [-0.3, -0.25) is 9.59 Å². The molecular weight excluding hydrogens is 266 g/mol. The van der Waals surface area contributed by atoms with Crippen LogP contribution >= 0.6 is 11.6 Å². The number of carboxylic acid groups (broad SMARTS) is 1. The zero-order chi connectivity index (χ0) is 13.8. The van der Waals surface area contributed by atoms with Crippen molar-refractivity contribution < 1.29 is 14.7 Å². The largest absolute Gasteiger partial charge is 0.481 e. The second kappa shape index (κ2) is 6.06. The molecule has 1 aliphatic heterocycles. The Balaban J connectivity index is 1.92. The summed E-state index contributed by atoms with van der Waals surface area (Å²) in [7, 11) is 0. The Morgan fingerprint density at radius 3 is 2.74 bits per heavy atom. The topological polar surface area (TPSA) is 57.6 Å². The summed E-state index contributed by atoms with van der Waals surface area (Å²) in [6, 6.07) is 5.59. The van der Waals surface area contributed by atoms with Crippen LogP contribution in [0.1, 0.15) is 31.2 Å². The number of nitrogens with zero attached hydrogens (tertiary/aromatic N) is 1. The van der Waals surface area contributed by atoms with E-state index in [2.05, 4.69) is 0 Å². The Labute approximate surface area is 117 Å². The molecule has 19 heavy (non-hydrogen) atoms. The van der Waals surface area contributed by atoms with Crippen LogP contribution in [0.2, 0.25) is 5.02 Å². The monoisotopic (exact) mass is 281 g/mol. The fourth-order valence-corrected chi connectivity index (χ4v) is 2.60. The van der Waals surface area contributed by atoms with Crippen molar-refractivity contribution in [1.29, 1.82) is 0 Å². The van der Waals surface area contributed by atoms with Crippen LogP contribution in [0.5, 0.6) is 0 Å². The second-order valence-electron chi connectivity index (χ2n) is 4.63. The maximum atomic E-state index is 12.1. The summed E-state index contributed by atoms with van der Waals surface area (Å²) < 4.78 is 0. The van der Waals surface area contributed by atoms with Gasteiger partial charge >= 0.3 is 5.97 Å². The van der Waals surface area contributed by atoms with Crippen molar-refractivity contribution in [1.82, 2.24) is 0 Å². The molecule has 1 aromatic rings. The van der Waals surface area contributed by atoms with E-state index in [0.717, 1.165) is 17.7 Å². The Kier molecular flexibility index (Phi) is 4.43. The fourth-order valence-electron chi connectivity index (χ4n) is 2.34. The zero-order valence-electron chi connectivity index (χ0n) is 10.6. The molecule has 1 aromatic carbocycles. The third kappa shape index (κ3) is 3.26. The summed E-state index contributed by atoms with van der Waals surface area (Å²) in [5.74, 6) is -0.767. The highest BCUT2D eigenvalue weighted by atomic mass is 35.5. The molecule has 0 saturated heterocycles. The Hall–Kier alpha value is -1.55. The SMILES string of the molecule is O=C(O)CCCCC(=O)N1CCc2c(Cl)cccc21. The number of hydrogen-bond donors (Lipinski definition) is 1. The first-order chi connectivity index (χ1) is 9.09. The summed E-state index contributed by atoms with van der Waals surface area (Å²) in [5.41, 5.74) is 1.93. The van der Waals surface area contributed by atoms with Gasteiger partial charge in [0.2, 0.25) is 5.91 Å².